The zero-order valence-corrected chi connectivity index (χ0v) is 18.7. The minimum Gasteiger partial charge on any atom is -0.485 e. The van der Waals surface area contributed by atoms with E-state index in [2.05, 4.69) is 5.32 Å². The first-order chi connectivity index (χ1) is 15.4. The van der Waals surface area contributed by atoms with Crippen LogP contribution >= 0.6 is 23.2 Å². The predicted molar refractivity (Wildman–Crippen MR) is 122 cm³/mol. The fourth-order valence-electron chi connectivity index (χ4n) is 3.04. The van der Waals surface area contributed by atoms with Gasteiger partial charge in [-0.25, -0.2) is 4.79 Å². The molecule has 1 atom stereocenters. The highest BCUT2D eigenvalue weighted by Gasteiger charge is 2.27. The molecule has 0 aromatic heterocycles. The van der Waals surface area contributed by atoms with E-state index in [4.69, 9.17) is 32.7 Å². The second-order valence-electron chi connectivity index (χ2n) is 6.91. The molecule has 3 aromatic carbocycles. The number of carbonyl (C=O) groups excluding carboxylic acids is 1. The van der Waals surface area contributed by atoms with Crippen LogP contribution in [-0.4, -0.2) is 17.0 Å². The molecule has 3 rings (SSSR count). The van der Waals surface area contributed by atoms with Crippen molar-refractivity contribution in [2.24, 2.45) is 0 Å². The molecule has 2 N–H and O–H groups in total. The van der Waals surface area contributed by atoms with Crippen molar-refractivity contribution < 1.29 is 24.2 Å². The van der Waals surface area contributed by atoms with E-state index in [9.17, 15) is 14.7 Å². The van der Waals surface area contributed by atoms with E-state index < -0.39 is 17.9 Å². The molecule has 0 saturated heterocycles. The number of carboxylic acid groups (broad SMARTS) is 1. The summed E-state index contributed by atoms with van der Waals surface area (Å²) in [4.78, 5) is 23.5. The van der Waals surface area contributed by atoms with Crippen molar-refractivity contribution in [3.8, 4) is 11.5 Å². The largest absolute Gasteiger partial charge is 0.485 e. The van der Waals surface area contributed by atoms with Gasteiger partial charge in [0.05, 0.1) is 0 Å². The molecule has 3 aromatic rings. The molecule has 0 spiro atoms. The van der Waals surface area contributed by atoms with Crippen LogP contribution in [0.3, 0.4) is 0 Å². The molecule has 0 heterocycles. The number of nitrogens with one attached hydrogen (secondary N) is 1. The van der Waals surface area contributed by atoms with Crippen LogP contribution in [0.15, 0.2) is 66.7 Å². The number of ether oxygens (including phenoxy) is 2. The maximum Gasteiger partial charge on any atom is 0.331 e. The Morgan fingerprint density at radius 3 is 1.97 bits per heavy atom. The quantitative estimate of drug-likeness (QED) is 0.433. The minimum atomic E-state index is -1.32. The zero-order chi connectivity index (χ0) is 23.1. The van der Waals surface area contributed by atoms with Gasteiger partial charge in [0.1, 0.15) is 13.2 Å². The van der Waals surface area contributed by atoms with Crippen molar-refractivity contribution in [2.75, 3.05) is 0 Å². The van der Waals surface area contributed by atoms with E-state index in [1.165, 1.54) is 6.92 Å². The fourth-order valence-corrected chi connectivity index (χ4v) is 3.42. The van der Waals surface area contributed by atoms with Gasteiger partial charge in [-0.15, -0.1) is 0 Å². The summed E-state index contributed by atoms with van der Waals surface area (Å²) in [6, 6.07) is 17.9. The molecule has 8 heteroatoms. The Labute approximate surface area is 195 Å². The van der Waals surface area contributed by atoms with Gasteiger partial charge in [0.2, 0.25) is 5.91 Å². The summed E-state index contributed by atoms with van der Waals surface area (Å²) in [5.41, 5.74) is 1.72. The molecule has 0 bridgehead atoms. The SMILES string of the molecule is CC(=O)NC(C(=O)O)c1cccc(OCc2ccccc2Cl)c1OCc1ccccc1Cl. The highest BCUT2D eigenvalue weighted by atomic mass is 35.5. The zero-order valence-electron chi connectivity index (χ0n) is 17.2. The van der Waals surface area contributed by atoms with Gasteiger partial charge >= 0.3 is 5.97 Å². The topological polar surface area (TPSA) is 84.9 Å². The number of aliphatic carboxylic acids is 1. The van der Waals surface area contributed by atoms with Gasteiger partial charge in [-0.05, 0) is 18.2 Å². The molecule has 0 fully saturated rings. The number of hydrogen-bond donors (Lipinski definition) is 2. The Morgan fingerprint density at radius 2 is 1.44 bits per heavy atom. The summed E-state index contributed by atoms with van der Waals surface area (Å²) in [7, 11) is 0. The fraction of sp³-hybridized carbons (Fsp3) is 0.167. The number of carboxylic acids is 1. The monoisotopic (exact) mass is 473 g/mol. The Balaban J connectivity index is 1.97. The molecule has 6 nitrogen and oxygen atoms in total. The first kappa shape index (κ1) is 23.4. The molecular formula is C24H21Cl2NO5. The van der Waals surface area contributed by atoms with Gasteiger partial charge < -0.3 is 19.9 Å². The molecule has 32 heavy (non-hydrogen) atoms. The van der Waals surface area contributed by atoms with Crippen LogP contribution in [0, 0.1) is 0 Å². The molecular weight excluding hydrogens is 453 g/mol. The second kappa shape index (κ2) is 10.9. The third-order valence-corrected chi connectivity index (χ3v) is 5.32. The lowest BCUT2D eigenvalue weighted by Gasteiger charge is -2.21. The summed E-state index contributed by atoms with van der Waals surface area (Å²) in [6.45, 7) is 1.47. The molecule has 0 saturated carbocycles. The number of halogens is 2. The second-order valence-corrected chi connectivity index (χ2v) is 7.72. The van der Waals surface area contributed by atoms with Crippen LogP contribution in [0.2, 0.25) is 10.0 Å². The van der Waals surface area contributed by atoms with E-state index >= 15 is 0 Å². The molecule has 1 amide bonds. The number of amides is 1. The third kappa shape index (κ3) is 5.93. The molecule has 0 aliphatic rings. The standard InChI is InChI=1S/C24H21Cl2NO5/c1-15(28)27-22(24(29)30)18-9-6-12-21(31-13-16-7-2-4-10-19(16)25)23(18)32-14-17-8-3-5-11-20(17)26/h2-12,22H,13-14H2,1H3,(H,27,28)(H,29,30). The number of para-hydroxylation sites is 1. The molecule has 166 valence electrons. The molecule has 0 aliphatic heterocycles. The molecule has 0 aliphatic carbocycles. The Kier molecular flexibility index (Phi) is 7.98. The predicted octanol–water partition coefficient (Wildman–Crippen LogP) is 5.41. The lowest BCUT2D eigenvalue weighted by atomic mass is 10.0. The van der Waals surface area contributed by atoms with Gasteiger partial charge in [-0.2, -0.15) is 0 Å². The van der Waals surface area contributed by atoms with E-state index in [1.807, 2.05) is 24.3 Å². The summed E-state index contributed by atoms with van der Waals surface area (Å²) in [6.07, 6.45) is 0. The summed E-state index contributed by atoms with van der Waals surface area (Å²) in [5.74, 6) is -1.21. The molecule has 1 unspecified atom stereocenters. The van der Waals surface area contributed by atoms with Gasteiger partial charge in [0.25, 0.3) is 0 Å². The van der Waals surface area contributed by atoms with Crippen molar-refractivity contribution in [3.05, 3.63) is 93.5 Å². The average molecular weight is 474 g/mol. The van der Waals surface area contributed by atoms with Crippen LogP contribution in [0.4, 0.5) is 0 Å². The van der Waals surface area contributed by atoms with Crippen molar-refractivity contribution in [2.45, 2.75) is 26.2 Å². The van der Waals surface area contributed by atoms with Crippen LogP contribution < -0.4 is 14.8 Å². The van der Waals surface area contributed by atoms with E-state index in [0.29, 0.717) is 21.4 Å². The van der Waals surface area contributed by atoms with Crippen molar-refractivity contribution >= 4 is 35.1 Å². The summed E-state index contributed by atoms with van der Waals surface area (Å²) >= 11 is 12.5. The maximum absolute atomic E-state index is 11.9. The Bertz CT molecular complexity index is 1120. The maximum atomic E-state index is 11.9. The van der Waals surface area contributed by atoms with E-state index in [1.54, 1.807) is 42.5 Å². The van der Waals surface area contributed by atoms with Gasteiger partial charge in [-0.3, -0.25) is 4.79 Å². The van der Waals surface area contributed by atoms with Crippen LogP contribution in [0.5, 0.6) is 11.5 Å². The summed E-state index contributed by atoms with van der Waals surface area (Å²) in [5, 5.41) is 13.2. The normalized spacial score (nSPS) is 11.5. The van der Waals surface area contributed by atoms with Crippen LogP contribution in [0.1, 0.15) is 29.7 Å². The number of hydrogen-bond acceptors (Lipinski definition) is 4. The number of benzene rings is 3. The third-order valence-electron chi connectivity index (χ3n) is 4.59. The van der Waals surface area contributed by atoms with Crippen molar-refractivity contribution in [3.63, 3.8) is 0 Å². The molecule has 0 radical (unpaired) electrons. The van der Waals surface area contributed by atoms with E-state index in [-0.39, 0.29) is 24.5 Å². The first-order valence-corrected chi connectivity index (χ1v) is 10.5. The number of carbonyl (C=O) groups is 2. The smallest absolute Gasteiger partial charge is 0.331 e. The van der Waals surface area contributed by atoms with Crippen LogP contribution in [-0.2, 0) is 22.8 Å². The average Bonchev–Trinajstić information content (AvgIpc) is 2.76. The van der Waals surface area contributed by atoms with Gasteiger partial charge in [0, 0.05) is 33.7 Å². The summed E-state index contributed by atoms with van der Waals surface area (Å²) < 4.78 is 12.0. The lowest BCUT2D eigenvalue weighted by molar-refractivity contribution is -0.141. The lowest BCUT2D eigenvalue weighted by Crippen LogP contribution is -2.32. The first-order valence-electron chi connectivity index (χ1n) is 9.72. The van der Waals surface area contributed by atoms with Gasteiger partial charge in [0.15, 0.2) is 17.5 Å². The van der Waals surface area contributed by atoms with Crippen molar-refractivity contribution in [1.82, 2.24) is 5.32 Å². The van der Waals surface area contributed by atoms with Gasteiger partial charge in [-0.1, -0.05) is 71.7 Å². The Morgan fingerprint density at radius 1 is 0.875 bits per heavy atom. The highest BCUT2D eigenvalue weighted by molar-refractivity contribution is 6.31. The Hall–Kier alpha value is -3.22. The number of rotatable bonds is 9. The van der Waals surface area contributed by atoms with E-state index in [0.717, 1.165) is 5.56 Å². The highest BCUT2D eigenvalue weighted by Crippen LogP contribution is 2.37. The minimum absolute atomic E-state index is 0.0750. The van der Waals surface area contributed by atoms with Crippen molar-refractivity contribution in [1.29, 1.82) is 0 Å². The van der Waals surface area contributed by atoms with Crippen LogP contribution in [0.25, 0.3) is 0 Å².